The highest BCUT2D eigenvalue weighted by Crippen LogP contribution is 2.20. The molecule has 3 rings (SSSR count). The van der Waals surface area contributed by atoms with Crippen LogP contribution in [-0.2, 0) is 16.1 Å². The summed E-state index contributed by atoms with van der Waals surface area (Å²) in [7, 11) is 1.60. The quantitative estimate of drug-likeness (QED) is 0.539. The molecule has 6 nitrogen and oxygen atoms in total. The van der Waals surface area contributed by atoms with Crippen molar-refractivity contribution in [1.82, 2.24) is 10.2 Å². The molecule has 0 radical (unpaired) electrons. The van der Waals surface area contributed by atoms with E-state index in [1.807, 2.05) is 24.3 Å². The molecule has 0 aromatic heterocycles. The van der Waals surface area contributed by atoms with Gasteiger partial charge in [0, 0.05) is 17.1 Å². The average Bonchev–Trinajstić information content (AvgIpc) is 2.81. The first-order chi connectivity index (χ1) is 15.5. The molecular weight excluding hydrogens is 472 g/mol. The minimum Gasteiger partial charge on any atom is -0.497 e. The monoisotopic (exact) mass is 502 g/mol. The predicted molar refractivity (Wildman–Crippen MR) is 128 cm³/mol. The van der Waals surface area contributed by atoms with Crippen molar-refractivity contribution < 1.29 is 19.1 Å². The van der Waals surface area contributed by atoms with E-state index in [-0.39, 0.29) is 24.5 Å². The van der Waals surface area contributed by atoms with Gasteiger partial charge in [0.05, 0.1) is 7.11 Å². The van der Waals surface area contributed by atoms with E-state index in [1.165, 1.54) is 6.42 Å². The van der Waals surface area contributed by atoms with Crippen LogP contribution in [0, 0.1) is 0 Å². The van der Waals surface area contributed by atoms with Gasteiger partial charge in [-0.05, 0) is 61.7 Å². The van der Waals surface area contributed by atoms with Crippen LogP contribution in [0.25, 0.3) is 0 Å². The van der Waals surface area contributed by atoms with Gasteiger partial charge in [0.15, 0.2) is 6.61 Å². The highest BCUT2D eigenvalue weighted by Gasteiger charge is 2.28. The summed E-state index contributed by atoms with van der Waals surface area (Å²) in [4.78, 5) is 27.7. The molecule has 1 aliphatic carbocycles. The fourth-order valence-corrected chi connectivity index (χ4v) is 4.33. The third-order valence-corrected chi connectivity index (χ3v) is 6.28. The van der Waals surface area contributed by atoms with Crippen LogP contribution < -0.4 is 14.8 Å². The van der Waals surface area contributed by atoms with Crippen LogP contribution in [0.4, 0.5) is 0 Å². The van der Waals surface area contributed by atoms with Crippen molar-refractivity contribution >= 4 is 27.7 Å². The normalized spacial score (nSPS) is 15.0. The van der Waals surface area contributed by atoms with Gasteiger partial charge in [-0.3, -0.25) is 9.59 Å². The van der Waals surface area contributed by atoms with Gasteiger partial charge < -0.3 is 19.7 Å². The molecule has 0 spiro atoms. The number of hydrogen-bond donors (Lipinski definition) is 1. The topological polar surface area (TPSA) is 67.9 Å². The Morgan fingerprint density at radius 2 is 1.78 bits per heavy atom. The zero-order valence-electron chi connectivity index (χ0n) is 18.7. The lowest BCUT2D eigenvalue weighted by Gasteiger charge is -2.31. The Morgan fingerprint density at radius 3 is 2.44 bits per heavy atom. The number of carbonyl (C=O) groups excluding carboxylic acids is 2. The average molecular weight is 503 g/mol. The Balaban J connectivity index is 1.69. The Kier molecular flexibility index (Phi) is 8.97. The molecule has 2 aromatic rings. The van der Waals surface area contributed by atoms with Gasteiger partial charge in [0.25, 0.3) is 5.91 Å². The van der Waals surface area contributed by atoms with Gasteiger partial charge in [-0.15, -0.1) is 0 Å². The third-order valence-electron chi connectivity index (χ3n) is 5.78. The van der Waals surface area contributed by atoms with Gasteiger partial charge in [-0.1, -0.05) is 47.3 Å². The molecule has 7 heteroatoms. The molecule has 1 fully saturated rings. The van der Waals surface area contributed by atoms with Crippen molar-refractivity contribution in [3.05, 3.63) is 58.6 Å². The molecular formula is C25H31BrN2O4. The van der Waals surface area contributed by atoms with E-state index in [2.05, 4.69) is 21.2 Å². The van der Waals surface area contributed by atoms with Crippen LogP contribution in [0.1, 0.15) is 44.6 Å². The Labute approximate surface area is 198 Å². The first-order valence-electron chi connectivity index (χ1n) is 11.1. The minimum atomic E-state index is -0.608. The molecule has 1 N–H and O–H groups in total. The van der Waals surface area contributed by atoms with Crippen LogP contribution in [-0.4, -0.2) is 42.5 Å². The van der Waals surface area contributed by atoms with Crippen molar-refractivity contribution in [2.24, 2.45) is 0 Å². The molecule has 0 heterocycles. The Hall–Kier alpha value is -2.54. The maximum absolute atomic E-state index is 13.2. The number of rotatable bonds is 9. The highest BCUT2D eigenvalue weighted by molar-refractivity contribution is 9.10. The number of nitrogens with one attached hydrogen (secondary N) is 1. The molecule has 172 valence electrons. The van der Waals surface area contributed by atoms with E-state index in [1.54, 1.807) is 43.2 Å². The molecule has 1 saturated carbocycles. The second-order valence-electron chi connectivity index (χ2n) is 8.14. The molecule has 0 bridgehead atoms. The SMILES string of the molecule is COc1ccc(OCC(=O)N(Cc2cccc(Br)c2)C(C)C(=O)NC2CCCCC2)cc1. The summed E-state index contributed by atoms with van der Waals surface area (Å²) in [6.07, 6.45) is 5.49. The molecule has 32 heavy (non-hydrogen) atoms. The summed E-state index contributed by atoms with van der Waals surface area (Å²) in [6.45, 7) is 1.95. The Morgan fingerprint density at radius 1 is 1.09 bits per heavy atom. The summed E-state index contributed by atoms with van der Waals surface area (Å²) < 4.78 is 11.8. The number of nitrogens with zero attached hydrogens (tertiary/aromatic N) is 1. The highest BCUT2D eigenvalue weighted by atomic mass is 79.9. The number of ether oxygens (including phenoxy) is 2. The van der Waals surface area contributed by atoms with Crippen LogP contribution >= 0.6 is 15.9 Å². The van der Waals surface area contributed by atoms with E-state index in [9.17, 15) is 9.59 Å². The van der Waals surface area contributed by atoms with Crippen LogP contribution in [0.3, 0.4) is 0 Å². The van der Waals surface area contributed by atoms with Crippen molar-refractivity contribution in [3.8, 4) is 11.5 Å². The fourth-order valence-electron chi connectivity index (χ4n) is 3.88. The smallest absolute Gasteiger partial charge is 0.261 e. The Bertz CT molecular complexity index is 897. The van der Waals surface area contributed by atoms with Gasteiger partial charge in [0.2, 0.25) is 5.91 Å². The largest absolute Gasteiger partial charge is 0.497 e. The van der Waals surface area contributed by atoms with E-state index in [0.29, 0.717) is 18.0 Å². The molecule has 2 amide bonds. The van der Waals surface area contributed by atoms with E-state index in [4.69, 9.17) is 9.47 Å². The number of methoxy groups -OCH3 is 1. The number of hydrogen-bond acceptors (Lipinski definition) is 4. The van der Waals surface area contributed by atoms with Crippen molar-refractivity contribution in [2.45, 2.75) is 57.7 Å². The molecule has 1 unspecified atom stereocenters. The van der Waals surface area contributed by atoms with Gasteiger partial charge in [0.1, 0.15) is 17.5 Å². The molecule has 0 aliphatic heterocycles. The lowest BCUT2D eigenvalue weighted by atomic mass is 9.95. The number of benzene rings is 2. The molecule has 1 aliphatic rings. The molecule has 0 saturated heterocycles. The maximum Gasteiger partial charge on any atom is 0.261 e. The summed E-state index contributed by atoms with van der Waals surface area (Å²) in [6, 6.07) is 14.4. The second kappa shape index (κ2) is 11.9. The zero-order valence-corrected chi connectivity index (χ0v) is 20.3. The summed E-state index contributed by atoms with van der Waals surface area (Å²) >= 11 is 3.48. The first kappa shape index (κ1) is 24.1. The van der Waals surface area contributed by atoms with E-state index >= 15 is 0 Å². The number of amides is 2. The van der Waals surface area contributed by atoms with Crippen molar-refractivity contribution in [2.75, 3.05) is 13.7 Å². The third kappa shape index (κ3) is 6.99. The van der Waals surface area contributed by atoms with Crippen LogP contribution in [0.15, 0.2) is 53.0 Å². The zero-order chi connectivity index (χ0) is 22.9. The standard InChI is InChI=1S/C25H31BrN2O4/c1-18(25(30)27-21-9-4-3-5-10-21)28(16-19-7-6-8-20(26)15-19)24(29)17-32-23-13-11-22(31-2)12-14-23/h6-8,11-15,18,21H,3-5,9-10,16-17H2,1-2H3,(H,27,30). The van der Waals surface area contributed by atoms with Crippen molar-refractivity contribution in [1.29, 1.82) is 0 Å². The predicted octanol–water partition coefficient (Wildman–Crippen LogP) is 4.70. The van der Waals surface area contributed by atoms with Crippen LogP contribution in [0.5, 0.6) is 11.5 Å². The number of carbonyl (C=O) groups is 2. The summed E-state index contributed by atoms with van der Waals surface area (Å²) in [5, 5.41) is 3.14. The lowest BCUT2D eigenvalue weighted by Crippen LogP contribution is -2.51. The van der Waals surface area contributed by atoms with E-state index < -0.39 is 6.04 Å². The van der Waals surface area contributed by atoms with Gasteiger partial charge in [-0.2, -0.15) is 0 Å². The molecule has 2 aromatic carbocycles. The fraction of sp³-hybridized carbons (Fsp3) is 0.440. The van der Waals surface area contributed by atoms with Gasteiger partial charge in [-0.25, -0.2) is 0 Å². The first-order valence-corrected chi connectivity index (χ1v) is 11.9. The number of halogens is 1. The van der Waals surface area contributed by atoms with E-state index in [0.717, 1.165) is 35.7 Å². The van der Waals surface area contributed by atoms with Gasteiger partial charge >= 0.3 is 0 Å². The lowest BCUT2D eigenvalue weighted by molar-refractivity contribution is -0.142. The molecule has 1 atom stereocenters. The van der Waals surface area contributed by atoms with Crippen molar-refractivity contribution in [3.63, 3.8) is 0 Å². The summed E-state index contributed by atoms with van der Waals surface area (Å²) in [5.41, 5.74) is 0.939. The van der Waals surface area contributed by atoms with Crippen LogP contribution in [0.2, 0.25) is 0 Å². The second-order valence-corrected chi connectivity index (χ2v) is 9.05. The minimum absolute atomic E-state index is 0.121. The summed E-state index contributed by atoms with van der Waals surface area (Å²) in [5.74, 6) is 0.922. The maximum atomic E-state index is 13.2.